The zero-order valence-corrected chi connectivity index (χ0v) is 19.1. The maximum Gasteiger partial charge on any atom is 0.122 e. The van der Waals surface area contributed by atoms with Gasteiger partial charge in [0.1, 0.15) is 5.75 Å². The molecule has 0 amide bonds. The molecule has 0 aliphatic rings. The molecule has 1 N–H and O–H groups in total. The van der Waals surface area contributed by atoms with Gasteiger partial charge in [0.25, 0.3) is 0 Å². The van der Waals surface area contributed by atoms with Crippen LogP contribution in [0.3, 0.4) is 0 Å². The predicted octanol–water partition coefficient (Wildman–Crippen LogP) is 8.24. The summed E-state index contributed by atoms with van der Waals surface area (Å²) < 4.78 is 0. The molecule has 1 aromatic rings. The Kier molecular flexibility index (Phi) is 12.5. The fraction of sp³-hybridized carbons (Fsp3) is 0.769. The molecular formula is C26H46O. The number of benzene rings is 1. The molecule has 1 rings (SSSR count). The number of hydrogen-bond acceptors (Lipinski definition) is 1. The van der Waals surface area contributed by atoms with Gasteiger partial charge in [-0.2, -0.15) is 0 Å². The summed E-state index contributed by atoms with van der Waals surface area (Å²) >= 11 is 0. The molecule has 0 aliphatic carbocycles. The fourth-order valence-corrected chi connectivity index (χ4v) is 4.27. The van der Waals surface area contributed by atoms with E-state index in [-0.39, 0.29) is 0 Å². The summed E-state index contributed by atoms with van der Waals surface area (Å²) in [5.41, 5.74) is 7.05. The molecule has 0 bridgehead atoms. The van der Waals surface area contributed by atoms with Gasteiger partial charge in [0.2, 0.25) is 0 Å². The van der Waals surface area contributed by atoms with Gasteiger partial charge >= 0.3 is 0 Å². The van der Waals surface area contributed by atoms with Crippen LogP contribution in [0.4, 0.5) is 0 Å². The van der Waals surface area contributed by atoms with Crippen LogP contribution in [0.1, 0.15) is 126 Å². The van der Waals surface area contributed by atoms with Crippen LogP contribution >= 0.6 is 0 Å². The smallest absolute Gasteiger partial charge is 0.122 e. The van der Waals surface area contributed by atoms with E-state index in [4.69, 9.17) is 0 Å². The van der Waals surface area contributed by atoms with E-state index >= 15 is 0 Å². The molecule has 0 saturated heterocycles. The van der Waals surface area contributed by atoms with Gasteiger partial charge in [0.05, 0.1) is 0 Å². The second-order valence-corrected chi connectivity index (χ2v) is 8.36. The summed E-state index contributed by atoms with van der Waals surface area (Å²) in [5.74, 6) is 0.655. The van der Waals surface area contributed by atoms with Gasteiger partial charge < -0.3 is 5.11 Å². The van der Waals surface area contributed by atoms with E-state index in [1.807, 2.05) is 0 Å². The molecule has 0 radical (unpaired) electrons. The summed E-state index contributed by atoms with van der Waals surface area (Å²) in [4.78, 5) is 0. The first-order valence-electron chi connectivity index (χ1n) is 12.0. The minimum absolute atomic E-state index is 0.655. The van der Waals surface area contributed by atoms with Crippen LogP contribution in [-0.4, -0.2) is 5.11 Å². The number of phenols is 1. The first kappa shape index (κ1) is 24.1. The second kappa shape index (κ2) is 14.1. The molecule has 0 aromatic heterocycles. The van der Waals surface area contributed by atoms with E-state index in [0.29, 0.717) is 5.75 Å². The Morgan fingerprint density at radius 1 is 0.481 bits per heavy atom. The topological polar surface area (TPSA) is 20.2 Å². The van der Waals surface area contributed by atoms with Gasteiger partial charge in [-0.1, -0.05) is 72.6 Å². The van der Waals surface area contributed by atoms with Crippen LogP contribution in [0.2, 0.25) is 0 Å². The maximum atomic E-state index is 11.2. The summed E-state index contributed by atoms with van der Waals surface area (Å²) in [6, 6.07) is 0. The zero-order valence-electron chi connectivity index (χ0n) is 19.1. The Hall–Kier alpha value is -0.980. The van der Waals surface area contributed by atoms with Crippen molar-refractivity contribution in [1.82, 2.24) is 0 Å². The maximum absolute atomic E-state index is 11.2. The van der Waals surface area contributed by atoms with Crippen LogP contribution < -0.4 is 0 Å². The zero-order chi connectivity index (χ0) is 20.1. The SMILES string of the molecule is CCCCCCCc1c(C)c(CCCC)c(CCCC)c(CCCC)c1O. The lowest BCUT2D eigenvalue weighted by Gasteiger charge is -2.23. The molecule has 0 spiro atoms. The van der Waals surface area contributed by atoms with Crippen LogP contribution in [0.25, 0.3) is 0 Å². The third kappa shape index (κ3) is 7.51. The number of unbranched alkanes of at least 4 members (excludes halogenated alkanes) is 7. The first-order chi connectivity index (χ1) is 13.1. The molecule has 156 valence electrons. The van der Waals surface area contributed by atoms with Crippen LogP contribution in [0, 0.1) is 6.92 Å². The Balaban J connectivity index is 3.22. The number of rotatable bonds is 15. The van der Waals surface area contributed by atoms with Crippen molar-refractivity contribution in [2.45, 2.75) is 131 Å². The van der Waals surface area contributed by atoms with Crippen molar-refractivity contribution in [1.29, 1.82) is 0 Å². The minimum atomic E-state index is 0.655. The molecule has 27 heavy (non-hydrogen) atoms. The van der Waals surface area contributed by atoms with Gasteiger partial charge in [-0.05, 0) is 86.1 Å². The molecule has 0 heterocycles. The summed E-state index contributed by atoms with van der Waals surface area (Å²) in [6.45, 7) is 11.4. The third-order valence-corrected chi connectivity index (χ3v) is 6.08. The molecule has 1 aromatic carbocycles. The fourth-order valence-electron chi connectivity index (χ4n) is 4.27. The largest absolute Gasteiger partial charge is 0.507 e. The standard InChI is InChI=1S/C26H46O/c1-6-10-14-15-16-20-23-21(5)22(17-11-7-2)24(18-12-8-3)25(26(23)27)19-13-9-4/h27H,6-20H2,1-5H3. The van der Waals surface area contributed by atoms with Crippen molar-refractivity contribution in [2.75, 3.05) is 0 Å². The van der Waals surface area contributed by atoms with Crippen molar-refractivity contribution in [3.63, 3.8) is 0 Å². The Bertz CT molecular complexity index is 494. The molecule has 0 fully saturated rings. The molecule has 0 unspecified atom stereocenters. The van der Waals surface area contributed by atoms with Crippen molar-refractivity contribution in [3.05, 3.63) is 27.8 Å². The summed E-state index contributed by atoms with van der Waals surface area (Å²) in [5, 5.41) is 11.2. The first-order valence-corrected chi connectivity index (χ1v) is 12.0. The molecule has 0 aliphatic heterocycles. The van der Waals surface area contributed by atoms with Crippen molar-refractivity contribution >= 4 is 0 Å². The van der Waals surface area contributed by atoms with E-state index in [9.17, 15) is 5.11 Å². The van der Waals surface area contributed by atoms with E-state index < -0.39 is 0 Å². The second-order valence-electron chi connectivity index (χ2n) is 8.36. The normalized spacial score (nSPS) is 11.3. The molecular weight excluding hydrogens is 328 g/mol. The van der Waals surface area contributed by atoms with E-state index in [1.54, 1.807) is 5.56 Å². The van der Waals surface area contributed by atoms with Crippen molar-refractivity contribution < 1.29 is 5.11 Å². The molecule has 0 atom stereocenters. The highest BCUT2D eigenvalue weighted by Crippen LogP contribution is 2.37. The lowest BCUT2D eigenvalue weighted by atomic mass is 9.83. The lowest BCUT2D eigenvalue weighted by Crippen LogP contribution is -2.09. The van der Waals surface area contributed by atoms with E-state index in [2.05, 4.69) is 34.6 Å². The van der Waals surface area contributed by atoms with Gasteiger partial charge in [-0.15, -0.1) is 0 Å². The van der Waals surface area contributed by atoms with Crippen LogP contribution in [0.5, 0.6) is 5.75 Å². The molecule has 0 saturated carbocycles. The number of aromatic hydroxyl groups is 1. The summed E-state index contributed by atoms with van der Waals surface area (Å²) in [6.07, 6.45) is 18.2. The van der Waals surface area contributed by atoms with Crippen molar-refractivity contribution in [2.24, 2.45) is 0 Å². The summed E-state index contributed by atoms with van der Waals surface area (Å²) in [7, 11) is 0. The third-order valence-electron chi connectivity index (χ3n) is 6.08. The van der Waals surface area contributed by atoms with Gasteiger partial charge in [-0.25, -0.2) is 0 Å². The van der Waals surface area contributed by atoms with E-state index in [1.165, 1.54) is 99.3 Å². The van der Waals surface area contributed by atoms with Gasteiger partial charge in [-0.3, -0.25) is 0 Å². The highest BCUT2D eigenvalue weighted by molar-refractivity contribution is 5.55. The van der Waals surface area contributed by atoms with Crippen molar-refractivity contribution in [3.8, 4) is 5.75 Å². The Morgan fingerprint density at radius 3 is 1.48 bits per heavy atom. The highest BCUT2D eigenvalue weighted by Gasteiger charge is 2.20. The van der Waals surface area contributed by atoms with Gasteiger partial charge in [0, 0.05) is 0 Å². The van der Waals surface area contributed by atoms with Crippen LogP contribution in [0.15, 0.2) is 0 Å². The highest BCUT2D eigenvalue weighted by atomic mass is 16.3. The number of hydrogen-bond donors (Lipinski definition) is 1. The number of phenolic OH excluding ortho intramolecular Hbond substituents is 1. The van der Waals surface area contributed by atoms with Crippen LogP contribution in [-0.2, 0) is 25.7 Å². The molecule has 1 heteroatoms. The Labute approximate surface area is 170 Å². The average molecular weight is 375 g/mol. The lowest BCUT2D eigenvalue weighted by molar-refractivity contribution is 0.454. The quantitative estimate of drug-likeness (QED) is 0.306. The van der Waals surface area contributed by atoms with E-state index in [0.717, 1.165) is 19.3 Å². The van der Waals surface area contributed by atoms with Gasteiger partial charge in [0.15, 0.2) is 0 Å². The predicted molar refractivity (Wildman–Crippen MR) is 121 cm³/mol. The Morgan fingerprint density at radius 2 is 0.926 bits per heavy atom. The monoisotopic (exact) mass is 374 g/mol. The minimum Gasteiger partial charge on any atom is -0.507 e. The average Bonchev–Trinajstić information content (AvgIpc) is 2.67. The molecule has 1 nitrogen and oxygen atoms in total.